The summed E-state index contributed by atoms with van der Waals surface area (Å²) in [7, 11) is 1.63. The molecule has 0 bridgehead atoms. The number of halogens is 2. The Morgan fingerprint density at radius 1 is 1.26 bits per heavy atom. The summed E-state index contributed by atoms with van der Waals surface area (Å²) in [5.74, 6) is -0.230. The second kappa shape index (κ2) is 8.72. The topological polar surface area (TPSA) is 63.2 Å². The average molecular weight is 354 g/mol. The number of rotatable bonds is 7. The lowest BCUT2D eigenvalue weighted by Gasteiger charge is -2.10. The van der Waals surface area contributed by atoms with Gasteiger partial charge in [-0.15, -0.1) is 0 Å². The van der Waals surface area contributed by atoms with Gasteiger partial charge in [-0.1, -0.05) is 23.2 Å². The molecule has 2 rings (SSSR count). The maximum Gasteiger partial charge on any atom is 0.269 e. The maximum absolute atomic E-state index is 12.0. The number of hydrogen-bond donors (Lipinski definition) is 2. The third-order valence-electron chi connectivity index (χ3n) is 3.01. The molecule has 2 aromatic rings. The lowest BCUT2D eigenvalue weighted by molar-refractivity contribution is 0.0943. The minimum Gasteiger partial charge on any atom is -0.385 e. The molecule has 0 saturated heterocycles. The largest absolute Gasteiger partial charge is 0.385 e. The van der Waals surface area contributed by atoms with Crippen LogP contribution in [0.4, 0.5) is 11.4 Å². The van der Waals surface area contributed by atoms with Gasteiger partial charge in [-0.3, -0.25) is 9.78 Å². The van der Waals surface area contributed by atoms with Gasteiger partial charge in [-0.2, -0.15) is 0 Å². The number of anilines is 2. The molecule has 1 aromatic heterocycles. The van der Waals surface area contributed by atoms with E-state index in [1.54, 1.807) is 43.6 Å². The van der Waals surface area contributed by atoms with E-state index >= 15 is 0 Å². The number of nitrogens with zero attached hydrogens (tertiary/aromatic N) is 1. The molecule has 0 aliphatic heterocycles. The second-order valence-corrected chi connectivity index (χ2v) is 5.62. The zero-order chi connectivity index (χ0) is 16.7. The predicted octanol–water partition coefficient (Wildman–Crippen LogP) is 3.90. The van der Waals surface area contributed by atoms with Crippen LogP contribution in [0.3, 0.4) is 0 Å². The summed E-state index contributed by atoms with van der Waals surface area (Å²) in [5, 5.41) is 6.99. The van der Waals surface area contributed by atoms with Gasteiger partial charge in [0.2, 0.25) is 0 Å². The Kier molecular flexibility index (Phi) is 6.65. The van der Waals surface area contributed by atoms with Crippen molar-refractivity contribution < 1.29 is 9.53 Å². The Morgan fingerprint density at radius 2 is 2.09 bits per heavy atom. The minimum atomic E-state index is -0.230. The molecular weight excluding hydrogens is 337 g/mol. The zero-order valence-electron chi connectivity index (χ0n) is 12.6. The van der Waals surface area contributed by atoms with Crippen molar-refractivity contribution in [1.82, 2.24) is 10.3 Å². The lowest BCUT2D eigenvalue weighted by atomic mass is 10.2. The summed E-state index contributed by atoms with van der Waals surface area (Å²) in [5.41, 5.74) is 1.75. The van der Waals surface area contributed by atoms with Crippen molar-refractivity contribution in [2.45, 2.75) is 6.42 Å². The van der Waals surface area contributed by atoms with Crippen molar-refractivity contribution in [1.29, 1.82) is 0 Å². The van der Waals surface area contributed by atoms with Gasteiger partial charge in [0.05, 0.1) is 10.7 Å². The summed E-state index contributed by atoms with van der Waals surface area (Å²) in [6.45, 7) is 1.14. The smallest absolute Gasteiger partial charge is 0.269 e. The number of nitrogens with one attached hydrogen (secondary N) is 2. The van der Waals surface area contributed by atoms with Gasteiger partial charge >= 0.3 is 0 Å². The summed E-state index contributed by atoms with van der Waals surface area (Å²) in [4.78, 5) is 16.1. The molecule has 0 aliphatic carbocycles. The van der Waals surface area contributed by atoms with E-state index in [1.807, 2.05) is 0 Å². The van der Waals surface area contributed by atoms with Gasteiger partial charge in [0.25, 0.3) is 5.91 Å². The summed E-state index contributed by atoms with van der Waals surface area (Å²) < 4.78 is 4.94. The number of pyridine rings is 1. The fourth-order valence-electron chi connectivity index (χ4n) is 1.89. The standard InChI is InChI=1S/C16H17Cl2N3O2/c1-23-8-2-6-20-16(22)15-10-12(5-7-19-15)21-14-4-3-11(17)9-13(14)18/h3-5,7,9-10H,2,6,8H2,1H3,(H,19,21)(H,20,22). The molecule has 0 fully saturated rings. The third kappa shape index (κ3) is 5.39. The molecule has 122 valence electrons. The fourth-order valence-corrected chi connectivity index (χ4v) is 2.34. The highest BCUT2D eigenvalue weighted by Crippen LogP contribution is 2.28. The fraction of sp³-hybridized carbons (Fsp3) is 0.250. The molecule has 0 aliphatic rings. The van der Waals surface area contributed by atoms with E-state index in [0.29, 0.717) is 40.3 Å². The lowest BCUT2D eigenvalue weighted by Crippen LogP contribution is -2.26. The van der Waals surface area contributed by atoms with Gasteiger partial charge in [-0.25, -0.2) is 0 Å². The number of ether oxygens (including phenoxy) is 1. The highest BCUT2D eigenvalue weighted by molar-refractivity contribution is 6.36. The molecule has 0 unspecified atom stereocenters. The van der Waals surface area contributed by atoms with Crippen LogP contribution in [0.5, 0.6) is 0 Å². The van der Waals surface area contributed by atoms with E-state index in [1.165, 1.54) is 0 Å². The SMILES string of the molecule is COCCCNC(=O)c1cc(Nc2ccc(Cl)cc2Cl)ccn1. The van der Waals surface area contributed by atoms with Gasteiger partial charge in [0.15, 0.2) is 0 Å². The van der Waals surface area contributed by atoms with Crippen molar-refractivity contribution in [3.63, 3.8) is 0 Å². The Hall–Kier alpha value is -1.82. The van der Waals surface area contributed by atoms with Crippen molar-refractivity contribution >= 4 is 40.5 Å². The summed E-state index contributed by atoms with van der Waals surface area (Å²) in [6, 6.07) is 8.58. The number of carbonyl (C=O) groups is 1. The first-order chi connectivity index (χ1) is 11.1. The average Bonchev–Trinajstić information content (AvgIpc) is 2.54. The molecule has 5 nitrogen and oxygen atoms in total. The van der Waals surface area contributed by atoms with E-state index in [2.05, 4.69) is 15.6 Å². The van der Waals surface area contributed by atoms with Crippen molar-refractivity contribution in [2.24, 2.45) is 0 Å². The monoisotopic (exact) mass is 353 g/mol. The third-order valence-corrected chi connectivity index (χ3v) is 3.56. The molecule has 7 heteroatoms. The van der Waals surface area contributed by atoms with Crippen molar-refractivity contribution in [3.05, 3.63) is 52.3 Å². The number of carbonyl (C=O) groups excluding carboxylic acids is 1. The zero-order valence-corrected chi connectivity index (χ0v) is 14.1. The predicted molar refractivity (Wildman–Crippen MR) is 92.8 cm³/mol. The van der Waals surface area contributed by atoms with Crippen LogP contribution in [0.15, 0.2) is 36.5 Å². The van der Waals surface area contributed by atoms with Crippen LogP contribution in [0.25, 0.3) is 0 Å². The molecule has 0 atom stereocenters. The number of benzene rings is 1. The molecule has 23 heavy (non-hydrogen) atoms. The molecule has 0 spiro atoms. The second-order valence-electron chi connectivity index (χ2n) is 4.78. The Bertz CT molecular complexity index is 680. The maximum atomic E-state index is 12.0. The normalized spacial score (nSPS) is 10.4. The Labute approximate surface area is 145 Å². The van der Waals surface area contributed by atoms with E-state index in [0.717, 1.165) is 6.42 Å². The molecule has 1 amide bonds. The molecule has 2 N–H and O–H groups in total. The highest BCUT2D eigenvalue weighted by Gasteiger charge is 2.08. The van der Waals surface area contributed by atoms with Crippen LogP contribution < -0.4 is 10.6 Å². The molecular formula is C16H17Cl2N3O2. The molecule has 0 saturated carbocycles. The van der Waals surface area contributed by atoms with Crippen LogP contribution >= 0.6 is 23.2 Å². The molecule has 0 radical (unpaired) electrons. The Morgan fingerprint density at radius 3 is 2.83 bits per heavy atom. The van der Waals surface area contributed by atoms with Crippen LogP contribution in [-0.2, 0) is 4.74 Å². The highest BCUT2D eigenvalue weighted by atomic mass is 35.5. The van der Waals surface area contributed by atoms with Crippen molar-refractivity contribution in [3.8, 4) is 0 Å². The first-order valence-corrected chi connectivity index (χ1v) is 7.81. The van der Waals surface area contributed by atoms with E-state index in [-0.39, 0.29) is 5.91 Å². The number of aromatic nitrogens is 1. The van der Waals surface area contributed by atoms with Gasteiger partial charge in [0.1, 0.15) is 5.69 Å². The Balaban J connectivity index is 2.03. The quantitative estimate of drug-likeness (QED) is 0.741. The minimum absolute atomic E-state index is 0.230. The van der Waals surface area contributed by atoms with Crippen LogP contribution in [0, 0.1) is 0 Å². The molecule has 1 aromatic carbocycles. The van der Waals surface area contributed by atoms with Crippen molar-refractivity contribution in [2.75, 3.05) is 25.6 Å². The summed E-state index contributed by atoms with van der Waals surface area (Å²) in [6.07, 6.45) is 2.32. The van der Waals surface area contributed by atoms with Crippen LogP contribution in [0.2, 0.25) is 10.0 Å². The van der Waals surface area contributed by atoms with E-state index in [9.17, 15) is 4.79 Å². The van der Waals surface area contributed by atoms with Gasteiger partial charge in [0, 0.05) is 37.2 Å². The number of hydrogen-bond acceptors (Lipinski definition) is 4. The van der Waals surface area contributed by atoms with Crippen LogP contribution in [0.1, 0.15) is 16.9 Å². The van der Waals surface area contributed by atoms with Crippen LogP contribution in [-0.4, -0.2) is 31.2 Å². The van der Waals surface area contributed by atoms with E-state index < -0.39 is 0 Å². The first-order valence-electron chi connectivity index (χ1n) is 7.05. The van der Waals surface area contributed by atoms with Gasteiger partial charge in [-0.05, 0) is 36.8 Å². The molecule has 1 heterocycles. The number of amides is 1. The van der Waals surface area contributed by atoms with E-state index in [4.69, 9.17) is 27.9 Å². The number of methoxy groups -OCH3 is 1. The first kappa shape index (κ1) is 17.5. The summed E-state index contributed by atoms with van der Waals surface area (Å²) >= 11 is 12.0. The van der Waals surface area contributed by atoms with Gasteiger partial charge < -0.3 is 15.4 Å².